The molecular weight excluding hydrogens is 131 g/mol. The molecule has 0 fully saturated rings. The Morgan fingerprint density at radius 1 is 1.50 bits per heavy atom. The lowest BCUT2D eigenvalue weighted by Crippen LogP contribution is -2.31. The molecule has 0 heterocycles. The lowest BCUT2D eigenvalue weighted by Gasteiger charge is -2.26. The summed E-state index contributed by atoms with van der Waals surface area (Å²) in [5.41, 5.74) is 0. The fourth-order valence-electron chi connectivity index (χ4n) is 0.955. The summed E-state index contributed by atoms with van der Waals surface area (Å²) in [6, 6.07) is 0. The molecule has 0 bridgehead atoms. The van der Waals surface area contributed by atoms with E-state index in [0.717, 1.165) is 0 Å². The molecule has 1 aliphatic rings. The number of hydrogen-bond acceptors (Lipinski definition) is 1. The van der Waals surface area contributed by atoms with Gasteiger partial charge in [-0.1, -0.05) is 25.2 Å². The Labute approximate surface area is 60.2 Å². The predicted molar refractivity (Wildman–Crippen MR) is 38.3 cm³/mol. The fraction of sp³-hybridized carbons (Fsp3) is 0.500. The van der Waals surface area contributed by atoms with Crippen molar-refractivity contribution in [3.8, 4) is 0 Å². The number of methoxy groups -OCH3 is 1. The summed E-state index contributed by atoms with van der Waals surface area (Å²) >= 11 is 0. The highest BCUT2D eigenvalue weighted by molar-refractivity contribution is 5.17. The molecule has 0 radical (unpaired) electrons. The van der Waals surface area contributed by atoms with E-state index in [1.807, 2.05) is 6.08 Å². The van der Waals surface area contributed by atoms with E-state index >= 15 is 0 Å². The highest BCUT2D eigenvalue weighted by Crippen LogP contribution is 2.28. The van der Waals surface area contributed by atoms with Crippen molar-refractivity contribution in [2.45, 2.75) is 12.8 Å². The maximum Gasteiger partial charge on any atom is 0.234 e. The van der Waals surface area contributed by atoms with Crippen LogP contribution in [0.3, 0.4) is 0 Å². The third kappa shape index (κ3) is 1.12. The van der Waals surface area contributed by atoms with Gasteiger partial charge in [-0.05, 0) is 6.08 Å². The Kier molecular flexibility index (Phi) is 1.90. The van der Waals surface area contributed by atoms with Crippen LogP contribution in [0.1, 0.15) is 6.92 Å². The zero-order chi connectivity index (χ0) is 7.61. The minimum atomic E-state index is -1.59. The van der Waals surface area contributed by atoms with Gasteiger partial charge in [0, 0.05) is 13.0 Å². The number of rotatable bonds is 1. The van der Waals surface area contributed by atoms with Gasteiger partial charge in [0.15, 0.2) is 0 Å². The van der Waals surface area contributed by atoms with E-state index in [-0.39, 0.29) is 5.92 Å². The summed E-state index contributed by atoms with van der Waals surface area (Å²) in [4.78, 5) is 0. The molecule has 0 N–H and O–H groups in total. The van der Waals surface area contributed by atoms with Crippen molar-refractivity contribution in [1.82, 2.24) is 0 Å². The van der Waals surface area contributed by atoms with Crippen LogP contribution < -0.4 is 0 Å². The topological polar surface area (TPSA) is 9.23 Å². The van der Waals surface area contributed by atoms with Gasteiger partial charge in [0.2, 0.25) is 5.85 Å². The first-order chi connectivity index (χ1) is 4.69. The van der Waals surface area contributed by atoms with E-state index in [9.17, 15) is 4.39 Å². The maximum absolute atomic E-state index is 13.3. The predicted octanol–water partition coefficient (Wildman–Crippen LogP) is 2.06. The Bertz CT molecular complexity index is 174. The Hall–Kier alpha value is -0.630. The van der Waals surface area contributed by atoms with Crippen molar-refractivity contribution >= 4 is 0 Å². The van der Waals surface area contributed by atoms with E-state index < -0.39 is 5.85 Å². The second-order valence-corrected chi connectivity index (χ2v) is 2.43. The summed E-state index contributed by atoms with van der Waals surface area (Å²) in [5.74, 6) is -1.78. The molecule has 0 aliphatic heterocycles. The van der Waals surface area contributed by atoms with E-state index in [1.54, 1.807) is 19.1 Å². The second-order valence-electron chi connectivity index (χ2n) is 2.43. The average molecular weight is 142 g/mol. The van der Waals surface area contributed by atoms with Crippen LogP contribution in [0.4, 0.5) is 4.39 Å². The van der Waals surface area contributed by atoms with Gasteiger partial charge in [0.1, 0.15) is 0 Å². The largest absolute Gasteiger partial charge is 0.346 e. The van der Waals surface area contributed by atoms with Crippen LogP contribution in [0.2, 0.25) is 0 Å². The second kappa shape index (κ2) is 2.54. The molecular formula is C8H11FO. The van der Waals surface area contributed by atoms with Gasteiger partial charge in [-0.15, -0.1) is 0 Å². The smallest absolute Gasteiger partial charge is 0.234 e. The minimum Gasteiger partial charge on any atom is -0.346 e. The van der Waals surface area contributed by atoms with Crippen LogP contribution in [-0.2, 0) is 4.74 Å². The van der Waals surface area contributed by atoms with Crippen molar-refractivity contribution in [3.63, 3.8) is 0 Å². The lowest BCUT2D eigenvalue weighted by molar-refractivity contribution is -0.106. The van der Waals surface area contributed by atoms with Crippen LogP contribution >= 0.6 is 0 Å². The summed E-state index contributed by atoms with van der Waals surface area (Å²) in [5, 5.41) is 0. The van der Waals surface area contributed by atoms with E-state index in [4.69, 9.17) is 0 Å². The van der Waals surface area contributed by atoms with Gasteiger partial charge in [-0.25, -0.2) is 4.39 Å². The first kappa shape index (κ1) is 7.48. The molecule has 10 heavy (non-hydrogen) atoms. The van der Waals surface area contributed by atoms with Gasteiger partial charge in [0.25, 0.3) is 0 Å². The monoisotopic (exact) mass is 142 g/mol. The van der Waals surface area contributed by atoms with Crippen LogP contribution in [0.15, 0.2) is 24.3 Å². The molecule has 0 aromatic carbocycles. The molecule has 0 saturated heterocycles. The number of halogens is 1. The van der Waals surface area contributed by atoms with Gasteiger partial charge < -0.3 is 4.74 Å². The first-order valence-corrected chi connectivity index (χ1v) is 3.29. The Morgan fingerprint density at radius 3 is 2.60 bits per heavy atom. The summed E-state index contributed by atoms with van der Waals surface area (Å²) in [6.45, 7) is 1.78. The minimum absolute atomic E-state index is 0.192. The molecule has 0 saturated carbocycles. The normalized spacial score (nSPS) is 38.5. The van der Waals surface area contributed by atoms with Crippen molar-refractivity contribution in [1.29, 1.82) is 0 Å². The lowest BCUT2D eigenvalue weighted by atomic mass is 9.97. The molecule has 0 aromatic rings. The third-order valence-electron chi connectivity index (χ3n) is 1.77. The summed E-state index contributed by atoms with van der Waals surface area (Å²) < 4.78 is 18.0. The first-order valence-electron chi connectivity index (χ1n) is 3.29. The molecule has 2 heteroatoms. The summed E-state index contributed by atoms with van der Waals surface area (Å²) in [6.07, 6.45) is 6.69. The SMILES string of the molecule is COC1(F)C=CC=CC1C. The van der Waals surface area contributed by atoms with Crippen molar-refractivity contribution in [2.24, 2.45) is 5.92 Å². The summed E-state index contributed by atoms with van der Waals surface area (Å²) in [7, 11) is 1.38. The quantitative estimate of drug-likeness (QED) is 0.544. The molecule has 0 aromatic heterocycles. The zero-order valence-corrected chi connectivity index (χ0v) is 6.17. The van der Waals surface area contributed by atoms with Gasteiger partial charge in [-0.2, -0.15) is 0 Å². The van der Waals surface area contributed by atoms with E-state index in [2.05, 4.69) is 4.74 Å². The van der Waals surface area contributed by atoms with Gasteiger partial charge >= 0.3 is 0 Å². The zero-order valence-electron chi connectivity index (χ0n) is 6.17. The van der Waals surface area contributed by atoms with Crippen molar-refractivity contribution in [3.05, 3.63) is 24.3 Å². The standard InChI is InChI=1S/C8H11FO/c1-7-5-3-4-6-8(7,9)10-2/h3-7H,1-2H3. The van der Waals surface area contributed by atoms with E-state index in [1.165, 1.54) is 13.2 Å². The number of alkyl halides is 1. The third-order valence-corrected chi connectivity index (χ3v) is 1.77. The molecule has 2 atom stereocenters. The van der Waals surface area contributed by atoms with Crippen LogP contribution in [0.5, 0.6) is 0 Å². The molecule has 0 spiro atoms. The van der Waals surface area contributed by atoms with Gasteiger partial charge in [-0.3, -0.25) is 0 Å². The highest BCUT2D eigenvalue weighted by atomic mass is 19.2. The Balaban J connectivity index is 2.77. The van der Waals surface area contributed by atoms with Crippen LogP contribution in [0, 0.1) is 5.92 Å². The number of hydrogen-bond donors (Lipinski definition) is 0. The molecule has 56 valence electrons. The molecule has 0 amide bonds. The molecule has 1 nitrogen and oxygen atoms in total. The highest BCUT2D eigenvalue weighted by Gasteiger charge is 2.32. The molecule has 1 aliphatic carbocycles. The van der Waals surface area contributed by atoms with Gasteiger partial charge in [0.05, 0.1) is 0 Å². The Morgan fingerprint density at radius 2 is 2.20 bits per heavy atom. The average Bonchev–Trinajstić information content (AvgIpc) is 1.96. The number of ether oxygens (including phenoxy) is 1. The van der Waals surface area contributed by atoms with E-state index in [0.29, 0.717) is 0 Å². The molecule has 1 rings (SSSR count). The van der Waals surface area contributed by atoms with Crippen LogP contribution in [-0.4, -0.2) is 13.0 Å². The molecule has 2 unspecified atom stereocenters. The van der Waals surface area contributed by atoms with Crippen molar-refractivity contribution < 1.29 is 9.13 Å². The maximum atomic E-state index is 13.3. The van der Waals surface area contributed by atoms with Crippen molar-refractivity contribution in [2.75, 3.05) is 7.11 Å². The fourth-order valence-corrected chi connectivity index (χ4v) is 0.955. The van der Waals surface area contributed by atoms with Crippen LogP contribution in [0.25, 0.3) is 0 Å². The number of allylic oxidation sites excluding steroid dienone is 2.